The van der Waals surface area contributed by atoms with Crippen molar-refractivity contribution < 1.29 is 14.3 Å². The lowest BCUT2D eigenvalue weighted by molar-refractivity contribution is -0.139. The first-order valence-electron chi connectivity index (χ1n) is 12.0. The van der Waals surface area contributed by atoms with Gasteiger partial charge in [0.1, 0.15) is 24.7 Å². The van der Waals surface area contributed by atoms with E-state index in [4.69, 9.17) is 9.47 Å². The number of aromatic nitrogens is 3. The van der Waals surface area contributed by atoms with E-state index < -0.39 is 6.04 Å². The molecule has 1 aliphatic rings. The largest absolute Gasteiger partial charge is 0.489 e. The minimum Gasteiger partial charge on any atom is -0.489 e. The van der Waals surface area contributed by atoms with Crippen LogP contribution in [-0.4, -0.2) is 27.3 Å². The average molecular weight is 469 g/mol. The Hall–Kier alpha value is -4.13. The third kappa shape index (κ3) is 4.49. The fourth-order valence-corrected chi connectivity index (χ4v) is 4.57. The summed E-state index contributed by atoms with van der Waals surface area (Å²) in [5.74, 6) is 0.973. The third-order valence-electron chi connectivity index (χ3n) is 6.12. The Morgan fingerprint density at radius 2 is 1.89 bits per heavy atom. The zero-order chi connectivity index (χ0) is 24.2. The smallest absolute Gasteiger partial charge is 0.338 e. The van der Waals surface area contributed by atoms with Crippen molar-refractivity contribution in [1.29, 1.82) is 0 Å². The lowest BCUT2D eigenvalue weighted by atomic mass is 9.94. The number of benzene rings is 3. The highest BCUT2D eigenvalue weighted by atomic mass is 16.5. The van der Waals surface area contributed by atoms with Crippen molar-refractivity contribution in [3.05, 3.63) is 95.5 Å². The topological polar surface area (TPSA) is 78.3 Å². The van der Waals surface area contributed by atoms with E-state index >= 15 is 0 Å². The number of ether oxygens (including phenoxy) is 2. The number of carbonyl (C=O) groups excluding carboxylic acids is 1. The number of allylic oxidation sites excluding steroid dienone is 1. The molecule has 2 heterocycles. The van der Waals surface area contributed by atoms with Crippen molar-refractivity contribution in [2.24, 2.45) is 0 Å². The van der Waals surface area contributed by atoms with Gasteiger partial charge in [0.2, 0.25) is 5.95 Å². The third-order valence-corrected chi connectivity index (χ3v) is 6.12. The van der Waals surface area contributed by atoms with E-state index in [-0.39, 0.29) is 5.97 Å². The molecule has 3 aromatic carbocycles. The Kier molecular flexibility index (Phi) is 6.48. The number of nitrogens with zero attached hydrogens (tertiary/aromatic N) is 3. The molecule has 4 aromatic rings. The number of nitrogens with one attached hydrogen (secondary N) is 1. The van der Waals surface area contributed by atoms with Crippen LogP contribution in [0.25, 0.3) is 10.8 Å². The van der Waals surface area contributed by atoms with Crippen molar-refractivity contribution in [3.8, 4) is 5.75 Å². The molecule has 1 N–H and O–H groups in total. The lowest BCUT2D eigenvalue weighted by Crippen LogP contribution is -2.30. The maximum atomic E-state index is 13.1. The molecule has 0 saturated carbocycles. The lowest BCUT2D eigenvalue weighted by Gasteiger charge is -2.29. The zero-order valence-corrected chi connectivity index (χ0v) is 19.9. The Bertz CT molecular complexity index is 1390. The van der Waals surface area contributed by atoms with Crippen LogP contribution >= 0.6 is 0 Å². The van der Waals surface area contributed by atoms with Gasteiger partial charge in [-0.3, -0.25) is 0 Å². The van der Waals surface area contributed by atoms with Crippen LogP contribution in [0.1, 0.15) is 43.9 Å². The molecule has 0 fully saturated rings. The molecule has 0 unspecified atom stereocenters. The van der Waals surface area contributed by atoms with Gasteiger partial charge in [0, 0.05) is 5.70 Å². The molecule has 35 heavy (non-hydrogen) atoms. The van der Waals surface area contributed by atoms with Crippen molar-refractivity contribution in [1.82, 2.24) is 14.8 Å². The second kappa shape index (κ2) is 10.0. The highest BCUT2D eigenvalue weighted by Gasteiger charge is 2.35. The zero-order valence-electron chi connectivity index (χ0n) is 19.9. The summed E-state index contributed by atoms with van der Waals surface area (Å²) in [5.41, 5.74) is 3.37. The minimum absolute atomic E-state index is 0.298. The predicted octanol–water partition coefficient (Wildman–Crippen LogP) is 5.64. The van der Waals surface area contributed by atoms with Gasteiger partial charge in [-0.15, -0.1) is 0 Å². The normalized spacial score (nSPS) is 15.0. The first kappa shape index (κ1) is 22.7. The minimum atomic E-state index is -0.463. The SMILES string of the molecule is CCCC1=C(C(=O)OCC)[C@@H](c2cccc(OCc3cccc4ccccc34)c2)n2ncnc2N1. The first-order chi connectivity index (χ1) is 17.2. The van der Waals surface area contributed by atoms with E-state index in [1.54, 1.807) is 4.68 Å². The molecular formula is C28H28N4O3. The summed E-state index contributed by atoms with van der Waals surface area (Å²) in [7, 11) is 0. The van der Waals surface area contributed by atoms with Crippen molar-refractivity contribution in [2.75, 3.05) is 11.9 Å². The molecule has 1 atom stereocenters. The van der Waals surface area contributed by atoms with Crippen LogP contribution in [0.15, 0.2) is 84.3 Å². The molecule has 0 spiro atoms. The van der Waals surface area contributed by atoms with E-state index in [2.05, 4.69) is 46.6 Å². The standard InChI is InChI=1S/C28H28N4O3/c1-3-9-24-25(27(33)34-4-2)26(32-28(31-24)29-18-30-32)20-12-8-14-22(16-20)35-17-21-13-7-11-19-10-5-6-15-23(19)21/h5-8,10-16,18,26H,3-4,9,17H2,1-2H3,(H,29,30,31)/t26-/m1/s1. The van der Waals surface area contributed by atoms with Crippen molar-refractivity contribution in [3.63, 3.8) is 0 Å². The van der Waals surface area contributed by atoms with E-state index in [0.717, 1.165) is 29.0 Å². The maximum absolute atomic E-state index is 13.1. The Morgan fingerprint density at radius 1 is 1.06 bits per heavy atom. The summed E-state index contributed by atoms with van der Waals surface area (Å²) in [4.78, 5) is 17.5. The molecule has 1 aromatic heterocycles. The second-order valence-electron chi connectivity index (χ2n) is 8.42. The van der Waals surface area contributed by atoms with Gasteiger partial charge in [-0.1, -0.05) is 67.9 Å². The van der Waals surface area contributed by atoms with Crippen LogP contribution in [-0.2, 0) is 16.1 Å². The fourth-order valence-electron chi connectivity index (χ4n) is 4.57. The highest BCUT2D eigenvalue weighted by molar-refractivity contribution is 5.92. The van der Waals surface area contributed by atoms with Gasteiger partial charge in [-0.2, -0.15) is 10.1 Å². The molecule has 0 saturated heterocycles. The number of rotatable bonds is 8. The van der Waals surface area contributed by atoms with Gasteiger partial charge < -0.3 is 14.8 Å². The number of hydrogen-bond acceptors (Lipinski definition) is 6. The predicted molar refractivity (Wildman–Crippen MR) is 135 cm³/mol. The number of esters is 1. The Labute approximate surface area is 204 Å². The van der Waals surface area contributed by atoms with Gasteiger partial charge in [-0.05, 0) is 47.4 Å². The molecule has 0 amide bonds. The summed E-state index contributed by atoms with van der Waals surface area (Å²) in [5, 5.41) is 10.1. The fraction of sp³-hybridized carbons (Fsp3) is 0.250. The summed E-state index contributed by atoms with van der Waals surface area (Å²) in [6.07, 6.45) is 3.07. The first-order valence-corrected chi connectivity index (χ1v) is 12.0. The van der Waals surface area contributed by atoms with Crippen LogP contribution in [0.3, 0.4) is 0 Å². The number of carbonyl (C=O) groups is 1. The van der Waals surface area contributed by atoms with Gasteiger partial charge >= 0.3 is 5.97 Å². The van der Waals surface area contributed by atoms with Crippen molar-refractivity contribution >= 4 is 22.7 Å². The van der Waals surface area contributed by atoms with E-state index in [9.17, 15) is 4.79 Å². The van der Waals surface area contributed by atoms with E-state index in [1.165, 1.54) is 17.1 Å². The molecule has 0 radical (unpaired) electrons. The molecule has 5 rings (SSSR count). The van der Waals surface area contributed by atoms with E-state index in [0.29, 0.717) is 31.2 Å². The van der Waals surface area contributed by atoms with Gasteiger partial charge in [0.05, 0.1) is 12.2 Å². The van der Waals surface area contributed by atoms with Crippen LogP contribution in [0.4, 0.5) is 5.95 Å². The average Bonchev–Trinajstić information content (AvgIpc) is 3.35. The molecule has 178 valence electrons. The summed E-state index contributed by atoms with van der Waals surface area (Å²) in [6.45, 7) is 4.62. The molecule has 7 nitrogen and oxygen atoms in total. The van der Waals surface area contributed by atoms with Gasteiger partial charge in [0.15, 0.2) is 0 Å². The summed E-state index contributed by atoms with van der Waals surface area (Å²) >= 11 is 0. The summed E-state index contributed by atoms with van der Waals surface area (Å²) in [6, 6.07) is 21.9. The molecule has 7 heteroatoms. The molecule has 0 bridgehead atoms. The van der Waals surface area contributed by atoms with Crippen LogP contribution in [0, 0.1) is 0 Å². The Morgan fingerprint density at radius 3 is 2.74 bits per heavy atom. The maximum Gasteiger partial charge on any atom is 0.338 e. The highest BCUT2D eigenvalue weighted by Crippen LogP contribution is 2.37. The van der Waals surface area contributed by atoms with Gasteiger partial charge in [-0.25, -0.2) is 9.48 Å². The molecule has 0 aliphatic carbocycles. The quantitative estimate of drug-likeness (QED) is 0.337. The number of anilines is 1. The van der Waals surface area contributed by atoms with Crippen LogP contribution < -0.4 is 10.1 Å². The van der Waals surface area contributed by atoms with E-state index in [1.807, 2.05) is 49.4 Å². The van der Waals surface area contributed by atoms with Crippen LogP contribution in [0.2, 0.25) is 0 Å². The van der Waals surface area contributed by atoms with Gasteiger partial charge in [0.25, 0.3) is 0 Å². The Balaban J connectivity index is 1.49. The molecular weight excluding hydrogens is 440 g/mol. The summed E-state index contributed by atoms with van der Waals surface area (Å²) < 4.78 is 13.4. The van der Waals surface area contributed by atoms with Crippen LogP contribution in [0.5, 0.6) is 5.75 Å². The number of fused-ring (bicyclic) bond motifs is 2. The molecule has 1 aliphatic heterocycles. The van der Waals surface area contributed by atoms with Crippen molar-refractivity contribution in [2.45, 2.75) is 39.3 Å². The second-order valence-corrected chi connectivity index (χ2v) is 8.42. The monoisotopic (exact) mass is 468 g/mol. The number of hydrogen-bond donors (Lipinski definition) is 1.